The highest BCUT2D eigenvalue weighted by molar-refractivity contribution is 14.1. The van der Waals surface area contributed by atoms with E-state index in [0.717, 1.165) is 30.2 Å². The topological polar surface area (TPSA) is 46.6 Å². The van der Waals surface area contributed by atoms with Crippen LogP contribution in [0.4, 0.5) is 4.79 Å². The predicted molar refractivity (Wildman–Crippen MR) is 101 cm³/mol. The fourth-order valence-electron chi connectivity index (χ4n) is 1.90. The van der Waals surface area contributed by atoms with Crippen LogP contribution in [0.2, 0.25) is 0 Å². The Kier molecular flexibility index (Phi) is 5.95. The van der Waals surface area contributed by atoms with E-state index in [9.17, 15) is 9.59 Å². The van der Waals surface area contributed by atoms with Crippen LogP contribution in [0.25, 0.3) is 6.08 Å². The van der Waals surface area contributed by atoms with Crippen LogP contribution in [0.3, 0.4) is 0 Å². The Bertz CT molecular complexity index is 631. The van der Waals surface area contributed by atoms with Gasteiger partial charge in [-0.15, -0.1) is 0 Å². The SMILES string of the molecule is CCOc1c(I)cc(I)cc1/C=C1/SC(=O)N(CC)C1=O. The normalized spacial score (nSPS) is 17.0. The lowest BCUT2D eigenvalue weighted by Crippen LogP contribution is -2.27. The number of imide groups is 1. The quantitative estimate of drug-likeness (QED) is 0.430. The third-order valence-corrected chi connectivity index (χ3v) is 5.13. The van der Waals surface area contributed by atoms with Gasteiger partial charge in [-0.2, -0.15) is 0 Å². The molecule has 1 fully saturated rings. The molecule has 2 rings (SSSR count). The molecule has 4 nitrogen and oxygen atoms in total. The molecule has 112 valence electrons. The maximum atomic E-state index is 12.2. The van der Waals surface area contributed by atoms with Gasteiger partial charge in [0.25, 0.3) is 11.1 Å². The number of rotatable bonds is 4. The Morgan fingerprint density at radius 3 is 2.57 bits per heavy atom. The molecule has 2 amide bonds. The van der Waals surface area contributed by atoms with E-state index in [0.29, 0.717) is 18.1 Å². The number of amides is 2. The molecule has 0 aromatic heterocycles. The first-order valence-corrected chi connectivity index (χ1v) is 9.32. The largest absolute Gasteiger partial charge is 0.492 e. The summed E-state index contributed by atoms with van der Waals surface area (Å²) >= 11 is 5.42. The van der Waals surface area contributed by atoms with Crippen LogP contribution < -0.4 is 4.74 Å². The van der Waals surface area contributed by atoms with Gasteiger partial charge in [-0.1, -0.05) is 0 Å². The summed E-state index contributed by atoms with van der Waals surface area (Å²) in [6.07, 6.45) is 1.75. The Labute approximate surface area is 154 Å². The number of likely N-dealkylation sites (N-methyl/N-ethyl adjacent to an activating group) is 1. The molecule has 1 aromatic carbocycles. The minimum atomic E-state index is -0.233. The highest BCUT2D eigenvalue weighted by Gasteiger charge is 2.33. The van der Waals surface area contributed by atoms with Gasteiger partial charge in [-0.05, 0) is 89.0 Å². The number of hydrogen-bond acceptors (Lipinski definition) is 4. The summed E-state index contributed by atoms with van der Waals surface area (Å²) in [6.45, 7) is 4.65. The minimum absolute atomic E-state index is 0.216. The van der Waals surface area contributed by atoms with Crippen LogP contribution in [0, 0.1) is 7.14 Å². The zero-order valence-corrected chi connectivity index (χ0v) is 16.6. The number of halogens is 2. The number of nitrogens with zero attached hydrogens (tertiary/aromatic N) is 1. The third kappa shape index (κ3) is 3.73. The lowest BCUT2D eigenvalue weighted by atomic mass is 10.2. The van der Waals surface area contributed by atoms with Crippen LogP contribution in [0.5, 0.6) is 5.75 Å². The van der Waals surface area contributed by atoms with Gasteiger partial charge in [0.05, 0.1) is 15.1 Å². The number of thioether (sulfide) groups is 1. The maximum absolute atomic E-state index is 12.2. The van der Waals surface area contributed by atoms with Gasteiger partial charge >= 0.3 is 0 Å². The summed E-state index contributed by atoms with van der Waals surface area (Å²) in [5, 5.41) is -0.216. The van der Waals surface area contributed by atoms with Gasteiger partial charge < -0.3 is 4.74 Å². The Morgan fingerprint density at radius 1 is 1.29 bits per heavy atom. The molecule has 1 saturated heterocycles. The average molecular weight is 529 g/mol. The van der Waals surface area contributed by atoms with Crippen LogP contribution in [0.1, 0.15) is 19.4 Å². The van der Waals surface area contributed by atoms with Crippen molar-refractivity contribution in [2.24, 2.45) is 0 Å². The van der Waals surface area contributed by atoms with Crippen molar-refractivity contribution in [3.05, 3.63) is 29.7 Å². The lowest BCUT2D eigenvalue weighted by Gasteiger charge is -2.11. The van der Waals surface area contributed by atoms with Crippen molar-refractivity contribution >= 4 is 74.2 Å². The smallest absolute Gasteiger partial charge is 0.293 e. The predicted octanol–water partition coefficient (Wildman–Crippen LogP) is 4.35. The van der Waals surface area contributed by atoms with Gasteiger partial charge in [-0.25, -0.2) is 0 Å². The van der Waals surface area contributed by atoms with Crippen LogP contribution >= 0.6 is 56.9 Å². The molecule has 1 aliphatic heterocycles. The molecule has 0 unspecified atom stereocenters. The van der Waals surface area contributed by atoms with E-state index in [2.05, 4.69) is 45.2 Å². The van der Waals surface area contributed by atoms with E-state index >= 15 is 0 Å². The van der Waals surface area contributed by atoms with Crippen LogP contribution in [0.15, 0.2) is 17.0 Å². The van der Waals surface area contributed by atoms with E-state index in [1.807, 2.05) is 19.1 Å². The summed E-state index contributed by atoms with van der Waals surface area (Å²) < 4.78 is 7.72. The van der Waals surface area contributed by atoms with Gasteiger partial charge in [0.1, 0.15) is 5.75 Å². The highest BCUT2D eigenvalue weighted by Crippen LogP contribution is 2.36. The third-order valence-electron chi connectivity index (χ3n) is 2.80. The minimum Gasteiger partial charge on any atom is -0.492 e. The first kappa shape index (κ1) is 17.1. The van der Waals surface area contributed by atoms with E-state index in [-0.39, 0.29) is 11.1 Å². The highest BCUT2D eigenvalue weighted by atomic mass is 127. The summed E-state index contributed by atoms with van der Waals surface area (Å²) in [4.78, 5) is 25.6. The molecule has 0 saturated carbocycles. The average Bonchev–Trinajstić information content (AvgIpc) is 2.68. The second-order valence-corrected chi connectivity index (χ2v) is 7.57. The van der Waals surface area contributed by atoms with Crippen LogP contribution in [-0.2, 0) is 4.79 Å². The monoisotopic (exact) mass is 529 g/mol. The number of carbonyl (C=O) groups excluding carboxylic acids is 2. The fraction of sp³-hybridized carbons (Fsp3) is 0.286. The zero-order chi connectivity index (χ0) is 15.6. The van der Waals surface area contributed by atoms with Crippen molar-refractivity contribution in [1.29, 1.82) is 0 Å². The van der Waals surface area contributed by atoms with Crippen LogP contribution in [-0.4, -0.2) is 29.2 Å². The number of benzene rings is 1. The molecule has 0 atom stereocenters. The number of carbonyl (C=O) groups is 2. The molecule has 1 heterocycles. The summed E-state index contributed by atoms with van der Waals surface area (Å²) in [7, 11) is 0. The van der Waals surface area contributed by atoms with Crippen molar-refractivity contribution in [2.45, 2.75) is 13.8 Å². The molecule has 21 heavy (non-hydrogen) atoms. The van der Waals surface area contributed by atoms with Gasteiger partial charge in [0.2, 0.25) is 0 Å². The molecular formula is C14H13I2NO3S. The van der Waals surface area contributed by atoms with E-state index in [1.165, 1.54) is 4.90 Å². The van der Waals surface area contributed by atoms with E-state index in [4.69, 9.17) is 4.74 Å². The molecule has 0 aliphatic carbocycles. The lowest BCUT2D eigenvalue weighted by molar-refractivity contribution is -0.122. The fourth-order valence-corrected chi connectivity index (χ4v) is 4.84. The molecule has 0 spiro atoms. The second-order valence-electron chi connectivity index (χ2n) is 4.16. The van der Waals surface area contributed by atoms with Gasteiger partial charge in [0.15, 0.2) is 0 Å². The second kappa shape index (κ2) is 7.32. The molecular weight excluding hydrogens is 516 g/mol. The van der Waals surface area contributed by atoms with Gasteiger partial charge in [0, 0.05) is 15.7 Å². The summed E-state index contributed by atoms with van der Waals surface area (Å²) in [5.74, 6) is 0.519. The van der Waals surface area contributed by atoms with Crippen molar-refractivity contribution in [3.8, 4) is 5.75 Å². The van der Waals surface area contributed by atoms with Crippen molar-refractivity contribution in [2.75, 3.05) is 13.2 Å². The Morgan fingerprint density at radius 2 is 2.00 bits per heavy atom. The number of ether oxygens (including phenoxy) is 1. The summed E-state index contributed by atoms with van der Waals surface area (Å²) in [6, 6.07) is 3.97. The number of hydrogen-bond donors (Lipinski definition) is 0. The maximum Gasteiger partial charge on any atom is 0.293 e. The molecule has 7 heteroatoms. The van der Waals surface area contributed by atoms with Crippen molar-refractivity contribution < 1.29 is 14.3 Å². The summed E-state index contributed by atoms with van der Waals surface area (Å²) in [5.41, 5.74) is 0.828. The molecule has 0 bridgehead atoms. The first-order chi connectivity index (χ1) is 9.97. The molecule has 1 aliphatic rings. The first-order valence-electron chi connectivity index (χ1n) is 6.35. The molecule has 1 aromatic rings. The molecule has 0 radical (unpaired) electrons. The van der Waals surface area contributed by atoms with Gasteiger partial charge in [-0.3, -0.25) is 14.5 Å². The van der Waals surface area contributed by atoms with E-state index in [1.54, 1.807) is 13.0 Å². The Hall–Kier alpha value is -0.290. The van der Waals surface area contributed by atoms with E-state index < -0.39 is 0 Å². The molecule has 0 N–H and O–H groups in total. The van der Waals surface area contributed by atoms with Crippen molar-refractivity contribution in [1.82, 2.24) is 4.90 Å². The van der Waals surface area contributed by atoms with Crippen molar-refractivity contribution in [3.63, 3.8) is 0 Å². The zero-order valence-electron chi connectivity index (χ0n) is 11.5. The standard InChI is InChI=1S/C14H13I2NO3S/c1-3-17-13(18)11(21-14(17)19)6-8-5-9(15)7-10(16)12(8)20-4-2/h5-7H,3-4H2,1-2H3/b11-6+. The Balaban J connectivity index is 2.45.